The van der Waals surface area contributed by atoms with Crippen molar-refractivity contribution in [2.75, 3.05) is 14.2 Å². The van der Waals surface area contributed by atoms with Crippen molar-refractivity contribution >= 4 is 0 Å². The zero-order valence-electron chi connectivity index (χ0n) is 10.6. The summed E-state index contributed by atoms with van der Waals surface area (Å²) in [6, 6.07) is 2.00. The van der Waals surface area contributed by atoms with Crippen molar-refractivity contribution in [2.45, 2.75) is 31.9 Å². The molecule has 0 aliphatic heterocycles. The molecule has 2 atom stereocenters. The predicted molar refractivity (Wildman–Crippen MR) is 66.6 cm³/mol. The van der Waals surface area contributed by atoms with Crippen LogP contribution in [0.2, 0.25) is 0 Å². The van der Waals surface area contributed by atoms with E-state index in [-0.39, 0.29) is 12.1 Å². The van der Waals surface area contributed by atoms with Crippen LogP contribution in [-0.2, 0) is 4.74 Å². The molecule has 1 aromatic rings. The highest BCUT2D eigenvalue weighted by atomic mass is 16.5. The van der Waals surface area contributed by atoms with Gasteiger partial charge in [-0.3, -0.25) is 16.3 Å². The first-order valence-corrected chi connectivity index (χ1v) is 5.69. The molecule has 5 heteroatoms. The third kappa shape index (κ3) is 4.30. The molecule has 0 amide bonds. The molecule has 0 spiro atoms. The van der Waals surface area contributed by atoms with Gasteiger partial charge in [-0.15, -0.1) is 0 Å². The number of hydrogen-bond acceptors (Lipinski definition) is 5. The Morgan fingerprint density at radius 2 is 2.12 bits per heavy atom. The van der Waals surface area contributed by atoms with Crippen molar-refractivity contribution in [3.8, 4) is 5.75 Å². The molecule has 1 heterocycles. The second kappa shape index (κ2) is 7.21. The smallest absolute Gasteiger partial charge is 0.137 e. The lowest BCUT2D eigenvalue weighted by atomic mass is 10.0. The van der Waals surface area contributed by atoms with Crippen LogP contribution in [0.5, 0.6) is 5.75 Å². The molecule has 0 bridgehead atoms. The van der Waals surface area contributed by atoms with Crippen LogP contribution in [0.1, 0.15) is 31.4 Å². The second-order valence-corrected chi connectivity index (χ2v) is 4.00. The van der Waals surface area contributed by atoms with Crippen LogP contribution in [0.4, 0.5) is 0 Å². The Morgan fingerprint density at radius 3 is 2.71 bits per heavy atom. The molecule has 3 N–H and O–H groups in total. The van der Waals surface area contributed by atoms with E-state index in [9.17, 15) is 0 Å². The Bertz CT molecular complexity index is 333. The zero-order valence-corrected chi connectivity index (χ0v) is 10.6. The lowest BCUT2D eigenvalue weighted by Gasteiger charge is -2.18. The minimum Gasteiger partial charge on any atom is -0.495 e. The van der Waals surface area contributed by atoms with E-state index in [0.29, 0.717) is 0 Å². The Balaban J connectivity index is 2.65. The minimum absolute atomic E-state index is 0.0650. The van der Waals surface area contributed by atoms with Crippen molar-refractivity contribution in [3.63, 3.8) is 0 Å². The van der Waals surface area contributed by atoms with Crippen LogP contribution in [-0.4, -0.2) is 25.3 Å². The standard InChI is InChI=1S/C12H21N3O2/c1-9(16-2)4-5-12(15-13)10-6-11(17-3)8-14-7-10/h6-9,12,15H,4-5,13H2,1-3H3. The molecule has 0 fully saturated rings. The predicted octanol–water partition coefficient (Wildman–Crippen LogP) is 1.41. The van der Waals surface area contributed by atoms with Gasteiger partial charge in [-0.1, -0.05) is 0 Å². The summed E-state index contributed by atoms with van der Waals surface area (Å²) < 4.78 is 10.4. The summed E-state index contributed by atoms with van der Waals surface area (Å²) in [5.41, 5.74) is 3.82. The molecule has 5 nitrogen and oxygen atoms in total. The van der Waals surface area contributed by atoms with E-state index in [1.54, 1.807) is 26.6 Å². The van der Waals surface area contributed by atoms with E-state index in [1.165, 1.54) is 0 Å². The number of hydrazine groups is 1. The van der Waals surface area contributed by atoms with Crippen LogP contribution in [0.15, 0.2) is 18.5 Å². The van der Waals surface area contributed by atoms with E-state index in [4.69, 9.17) is 15.3 Å². The van der Waals surface area contributed by atoms with E-state index >= 15 is 0 Å². The summed E-state index contributed by atoms with van der Waals surface area (Å²) in [5.74, 6) is 6.30. The number of ether oxygens (including phenoxy) is 2. The van der Waals surface area contributed by atoms with Gasteiger partial charge in [0, 0.05) is 19.3 Å². The van der Waals surface area contributed by atoms with Crippen molar-refractivity contribution in [2.24, 2.45) is 5.84 Å². The normalized spacial score (nSPS) is 14.4. The Morgan fingerprint density at radius 1 is 1.35 bits per heavy atom. The van der Waals surface area contributed by atoms with Crippen LogP contribution in [0.25, 0.3) is 0 Å². The minimum atomic E-state index is 0.0650. The second-order valence-electron chi connectivity index (χ2n) is 4.00. The number of methoxy groups -OCH3 is 2. The summed E-state index contributed by atoms with van der Waals surface area (Å²) in [5, 5.41) is 0. The first kappa shape index (κ1) is 13.9. The molecule has 2 unspecified atom stereocenters. The van der Waals surface area contributed by atoms with Gasteiger partial charge in [0.15, 0.2) is 0 Å². The maximum absolute atomic E-state index is 5.56. The van der Waals surface area contributed by atoms with Crippen LogP contribution >= 0.6 is 0 Å². The van der Waals surface area contributed by atoms with Crippen molar-refractivity contribution < 1.29 is 9.47 Å². The zero-order chi connectivity index (χ0) is 12.7. The highest BCUT2D eigenvalue weighted by Crippen LogP contribution is 2.21. The third-order valence-corrected chi connectivity index (χ3v) is 2.84. The Labute approximate surface area is 102 Å². The average molecular weight is 239 g/mol. The number of nitrogens with two attached hydrogens (primary N) is 1. The van der Waals surface area contributed by atoms with Gasteiger partial charge < -0.3 is 9.47 Å². The van der Waals surface area contributed by atoms with E-state index in [1.807, 2.05) is 13.0 Å². The van der Waals surface area contributed by atoms with E-state index in [0.717, 1.165) is 24.2 Å². The van der Waals surface area contributed by atoms with Gasteiger partial charge in [-0.2, -0.15) is 0 Å². The van der Waals surface area contributed by atoms with Gasteiger partial charge in [-0.25, -0.2) is 0 Å². The topological polar surface area (TPSA) is 69.4 Å². The molecule has 96 valence electrons. The number of rotatable bonds is 7. The molecular formula is C12H21N3O2. The number of nitrogens with one attached hydrogen (secondary N) is 1. The van der Waals surface area contributed by atoms with Crippen molar-refractivity contribution in [3.05, 3.63) is 24.0 Å². The molecule has 0 aliphatic carbocycles. The quantitative estimate of drug-likeness (QED) is 0.556. The molecule has 0 saturated carbocycles. The van der Waals surface area contributed by atoms with Gasteiger partial charge in [0.25, 0.3) is 0 Å². The van der Waals surface area contributed by atoms with Gasteiger partial charge in [-0.05, 0) is 31.4 Å². The van der Waals surface area contributed by atoms with Crippen molar-refractivity contribution in [1.29, 1.82) is 0 Å². The molecule has 0 saturated heterocycles. The number of hydrogen-bond donors (Lipinski definition) is 2. The van der Waals surface area contributed by atoms with Gasteiger partial charge in [0.1, 0.15) is 5.75 Å². The number of aromatic nitrogens is 1. The first-order chi connectivity index (χ1) is 8.21. The van der Waals surface area contributed by atoms with Gasteiger partial charge in [0.05, 0.1) is 19.4 Å². The molecule has 0 radical (unpaired) electrons. The lowest BCUT2D eigenvalue weighted by Crippen LogP contribution is -2.29. The molecule has 17 heavy (non-hydrogen) atoms. The summed E-state index contributed by atoms with van der Waals surface area (Å²) in [4.78, 5) is 4.12. The summed E-state index contributed by atoms with van der Waals surface area (Å²) in [6.45, 7) is 2.04. The fraction of sp³-hybridized carbons (Fsp3) is 0.583. The molecule has 1 rings (SSSR count). The monoisotopic (exact) mass is 239 g/mol. The van der Waals surface area contributed by atoms with E-state index in [2.05, 4.69) is 10.4 Å². The average Bonchev–Trinajstić information content (AvgIpc) is 2.39. The van der Waals surface area contributed by atoms with Crippen LogP contribution in [0.3, 0.4) is 0 Å². The molecule has 0 aliphatic rings. The maximum atomic E-state index is 5.56. The highest BCUT2D eigenvalue weighted by molar-refractivity contribution is 5.25. The lowest BCUT2D eigenvalue weighted by molar-refractivity contribution is 0.106. The number of pyridine rings is 1. The first-order valence-electron chi connectivity index (χ1n) is 5.69. The molecular weight excluding hydrogens is 218 g/mol. The molecule has 0 aromatic carbocycles. The van der Waals surface area contributed by atoms with Crippen LogP contribution < -0.4 is 16.0 Å². The Hall–Kier alpha value is -1.17. The summed E-state index contributed by atoms with van der Waals surface area (Å²) in [7, 11) is 3.33. The maximum Gasteiger partial charge on any atom is 0.137 e. The van der Waals surface area contributed by atoms with Gasteiger partial charge in [0.2, 0.25) is 0 Å². The number of nitrogens with zero attached hydrogens (tertiary/aromatic N) is 1. The van der Waals surface area contributed by atoms with E-state index < -0.39 is 0 Å². The fourth-order valence-electron chi connectivity index (χ4n) is 1.60. The summed E-state index contributed by atoms with van der Waals surface area (Å²) >= 11 is 0. The summed E-state index contributed by atoms with van der Waals surface area (Å²) in [6.07, 6.45) is 5.52. The third-order valence-electron chi connectivity index (χ3n) is 2.84. The van der Waals surface area contributed by atoms with Gasteiger partial charge >= 0.3 is 0 Å². The van der Waals surface area contributed by atoms with Crippen molar-refractivity contribution in [1.82, 2.24) is 10.4 Å². The molecule has 1 aromatic heterocycles. The SMILES string of the molecule is COc1cncc(C(CCC(C)OC)NN)c1. The Kier molecular flexibility index (Phi) is 5.90. The fourth-order valence-corrected chi connectivity index (χ4v) is 1.60. The highest BCUT2D eigenvalue weighted by Gasteiger charge is 2.12. The largest absolute Gasteiger partial charge is 0.495 e. The van der Waals surface area contributed by atoms with Crippen LogP contribution in [0, 0.1) is 0 Å².